The van der Waals surface area contributed by atoms with Gasteiger partial charge in [0.05, 0.1) is 11.7 Å². The van der Waals surface area contributed by atoms with Gasteiger partial charge >= 0.3 is 0 Å². The van der Waals surface area contributed by atoms with Gasteiger partial charge in [-0.1, -0.05) is 19.8 Å². The molecule has 0 radical (unpaired) electrons. The van der Waals surface area contributed by atoms with E-state index in [0.717, 1.165) is 12.5 Å². The van der Waals surface area contributed by atoms with Crippen LogP contribution in [-0.2, 0) is 6.54 Å². The highest BCUT2D eigenvalue weighted by Crippen LogP contribution is 2.28. The number of nitrogens with zero attached hydrogens (tertiary/aromatic N) is 2. The van der Waals surface area contributed by atoms with Crippen molar-refractivity contribution in [3.63, 3.8) is 0 Å². The molecule has 0 amide bonds. The van der Waals surface area contributed by atoms with Crippen molar-refractivity contribution < 1.29 is 0 Å². The summed E-state index contributed by atoms with van der Waals surface area (Å²) in [4.78, 5) is 0. The van der Waals surface area contributed by atoms with E-state index in [1.54, 1.807) is 0 Å². The summed E-state index contributed by atoms with van der Waals surface area (Å²) >= 11 is 0. The van der Waals surface area contributed by atoms with Crippen LogP contribution in [0.15, 0.2) is 12.3 Å². The topological polar surface area (TPSA) is 29.9 Å². The van der Waals surface area contributed by atoms with E-state index in [9.17, 15) is 0 Å². The van der Waals surface area contributed by atoms with E-state index in [0.29, 0.717) is 12.1 Å². The molecule has 1 heterocycles. The van der Waals surface area contributed by atoms with Crippen molar-refractivity contribution in [2.45, 2.75) is 76.9 Å². The van der Waals surface area contributed by atoms with Gasteiger partial charge in [-0.15, -0.1) is 0 Å². The molecule has 0 spiro atoms. The Morgan fingerprint density at radius 2 is 1.89 bits per heavy atom. The highest BCUT2D eigenvalue weighted by molar-refractivity contribution is 5.00. The maximum atomic E-state index is 4.75. The lowest BCUT2D eigenvalue weighted by Crippen LogP contribution is -2.32. The Balaban J connectivity index is 1.47. The van der Waals surface area contributed by atoms with Crippen molar-refractivity contribution in [3.8, 4) is 0 Å². The van der Waals surface area contributed by atoms with Gasteiger partial charge in [0.15, 0.2) is 0 Å². The summed E-state index contributed by atoms with van der Waals surface area (Å²) in [5.41, 5.74) is 1.21. The third kappa shape index (κ3) is 3.38. The average molecular weight is 261 g/mol. The molecule has 3 nitrogen and oxygen atoms in total. The first-order valence-corrected chi connectivity index (χ1v) is 8.08. The lowest BCUT2D eigenvalue weighted by atomic mass is 9.87. The van der Waals surface area contributed by atoms with Crippen molar-refractivity contribution in [1.29, 1.82) is 0 Å². The van der Waals surface area contributed by atoms with E-state index in [1.165, 1.54) is 57.1 Å². The van der Waals surface area contributed by atoms with Gasteiger partial charge in [0.2, 0.25) is 0 Å². The van der Waals surface area contributed by atoms with Gasteiger partial charge in [-0.2, -0.15) is 5.10 Å². The second kappa shape index (κ2) is 6.08. The Labute approximate surface area is 116 Å². The highest BCUT2D eigenvalue weighted by atomic mass is 15.3. The SMILES string of the molecule is CC1CCC(NCc2ccn(C3CCCC3)n2)CC1. The molecule has 2 aliphatic carbocycles. The smallest absolute Gasteiger partial charge is 0.0762 e. The largest absolute Gasteiger partial charge is 0.308 e. The second-order valence-corrected chi connectivity index (χ2v) is 6.56. The second-order valence-electron chi connectivity index (χ2n) is 6.56. The van der Waals surface area contributed by atoms with Crippen LogP contribution in [0.25, 0.3) is 0 Å². The highest BCUT2D eigenvalue weighted by Gasteiger charge is 2.19. The van der Waals surface area contributed by atoms with Crippen molar-refractivity contribution in [2.75, 3.05) is 0 Å². The molecular formula is C16H27N3. The molecule has 19 heavy (non-hydrogen) atoms. The van der Waals surface area contributed by atoms with Crippen molar-refractivity contribution in [1.82, 2.24) is 15.1 Å². The van der Waals surface area contributed by atoms with Crippen LogP contribution in [0.2, 0.25) is 0 Å². The first kappa shape index (κ1) is 13.2. The maximum absolute atomic E-state index is 4.75. The van der Waals surface area contributed by atoms with Gasteiger partial charge in [-0.3, -0.25) is 4.68 Å². The molecule has 3 rings (SSSR count). The molecule has 0 unspecified atom stereocenters. The van der Waals surface area contributed by atoms with Crippen LogP contribution in [0, 0.1) is 5.92 Å². The van der Waals surface area contributed by atoms with Crippen LogP contribution in [0.4, 0.5) is 0 Å². The molecule has 106 valence electrons. The number of hydrogen-bond donors (Lipinski definition) is 1. The predicted octanol–water partition coefficient (Wildman–Crippen LogP) is 3.67. The summed E-state index contributed by atoms with van der Waals surface area (Å²) < 4.78 is 2.20. The fourth-order valence-corrected chi connectivity index (χ4v) is 3.56. The normalized spacial score (nSPS) is 28.9. The molecule has 1 aromatic heterocycles. The van der Waals surface area contributed by atoms with Crippen LogP contribution in [0.3, 0.4) is 0 Å². The van der Waals surface area contributed by atoms with E-state index in [4.69, 9.17) is 5.10 Å². The lowest BCUT2D eigenvalue weighted by molar-refractivity contribution is 0.305. The van der Waals surface area contributed by atoms with Crippen molar-refractivity contribution in [2.24, 2.45) is 5.92 Å². The van der Waals surface area contributed by atoms with E-state index in [-0.39, 0.29) is 0 Å². The number of hydrogen-bond acceptors (Lipinski definition) is 2. The van der Waals surface area contributed by atoms with Gasteiger partial charge < -0.3 is 5.32 Å². The van der Waals surface area contributed by atoms with Crippen LogP contribution in [-0.4, -0.2) is 15.8 Å². The Kier molecular flexibility index (Phi) is 4.21. The van der Waals surface area contributed by atoms with E-state index >= 15 is 0 Å². The van der Waals surface area contributed by atoms with Crippen LogP contribution < -0.4 is 5.32 Å². The summed E-state index contributed by atoms with van der Waals surface area (Å²) in [5.74, 6) is 0.930. The summed E-state index contributed by atoms with van der Waals surface area (Å²) in [7, 11) is 0. The van der Waals surface area contributed by atoms with Crippen LogP contribution in [0.1, 0.15) is 70.0 Å². The third-order valence-electron chi connectivity index (χ3n) is 4.95. The van der Waals surface area contributed by atoms with E-state index in [1.807, 2.05) is 0 Å². The summed E-state index contributed by atoms with van der Waals surface area (Å²) in [6.07, 6.45) is 13.0. The molecule has 2 saturated carbocycles. The minimum Gasteiger partial charge on any atom is -0.308 e. The fourth-order valence-electron chi connectivity index (χ4n) is 3.56. The first-order chi connectivity index (χ1) is 9.31. The number of rotatable bonds is 4. The molecule has 0 aliphatic heterocycles. The Bertz CT molecular complexity index is 384. The molecule has 0 bridgehead atoms. The third-order valence-corrected chi connectivity index (χ3v) is 4.95. The molecule has 0 aromatic carbocycles. The predicted molar refractivity (Wildman–Crippen MR) is 78.0 cm³/mol. The van der Waals surface area contributed by atoms with Crippen LogP contribution in [0.5, 0.6) is 0 Å². The minimum absolute atomic E-state index is 0.671. The Morgan fingerprint density at radius 3 is 2.63 bits per heavy atom. The summed E-state index contributed by atoms with van der Waals surface area (Å²) in [6, 6.07) is 3.58. The Morgan fingerprint density at radius 1 is 1.16 bits per heavy atom. The minimum atomic E-state index is 0.671. The van der Waals surface area contributed by atoms with Gasteiger partial charge in [0.25, 0.3) is 0 Å². The zero-order chi connectivity index (χ0) is 13.1. The number of aromatic nitrogens is 2. The molecule has 0 saturated heterocycles. The van der Waals surface area contributed by atoms with Crippen LogP contribution >= 0.6 is 0 Å². The monoisotopic (exact) mass is 261 g/mol. The summed E-state index contributed by atoms with van der Waals surface area (Å²) in [5, 5.41) is 8.43. The van der Waals surface area contributed by atoms with E-state index < -0.39 is 0 Å². The lowest BCUT2D eigenvalue weighted by Gasteiger charge is -2.26. The average Bonchev–Trinajstić information content (AvgIpc) is 3.09. The zero-order valence-corrected chi connectivity index (χ0v) is 12.1. The maximum Gasteiger partial charge on any atom is 0.0762 e. The zero-order valence-electron chi connectivity index (χ0n) is 12.1. The molecule has 2 aliphatic rings. The molecule has 0 atom stereocenters. The van der Waals surface area contributed by atoms with Crippen molar-refractivity contribution in [3.05, 3.63) is 18.0 Å². The number of nitrogens with one attached hydrogen (secondary N) is 1. The summed E-state index contributed by atoms with van der Waals surface area (Å²) in [6.45, 7) is 3.32. The van der Waals surface area contributed by atoms with Gasteiger partial charge in [0, 0.05) is 18.8 Å². The van der Waals surface area contributed by atoms with Gasteiger partial charge in [0.1, 0.15) is 0 Å². The van der Waals surface area contributed by atoms with E-state index in [2.05, 4.69) is 29.2 Å². The first-order valence-electron chi connectivity index (χ1n) is 8.08. The molecule has 1 aromatic rings. The Hall–Kier alpha value is -0.830. The molecule has 1 N–H and O–H groups in total. The fraction of sp³-hybridized carbons (Fsp3) is 0.812. The van der Waals surface area contributed by atoms with Crippen molar-refractivity contribution >= 4 is 0 Å². The molecule has 3 heteroatoms. The molecule has 2 fully saturated rings. The molecular weight excluding hydrogens is 234 g/mol. The standard InChI is InChI=1S/C16H27N3/c1-13-6-8-14(9-7-13)17-12-15-10-11-19(18-15)16-4-2-3-5-16/h10-11,13-14,16-17H,2-9,12H2,1H3. The van der Waals surface area contributed by atoms with Gasteiger partial charge in [-0.25, -0.2) is 0 Å². The quantitative estimate of drug-likeness (QED) is 0.896. The van der Waals surface area contributed by atoms with Gasteiger partial charge in [-0.05, 0) is 50.5 Å².